The molecule has 2 aromatic rings. The van der Waals surface area contributed by atoms with E-state index in [0.717, 1.165) is 23.3 Å². The van der Waals surface area contributed by atoms with E-state index in [2.05, 4.69) is 43.4 Å². The molecule has 1 N–H and O–H groups in total. The van der Waals surface area contributed by atoms with Crippen LogP contribution in [0.1, 0.15) is 42.1 Å². The van der Waals surface area contributed by atoms with Crippen molar-refractivity contribution in [3.05, 3.63) is 64.7 Å². The fraction of sp³-hybridized carbons (Fsp3) is 0.350. The highest BCUT2D eigenvalue weighted by molar-refractivity contribution is 5.78. The molecule has 0 spiro atoms. The highest BCUT2D eigenvalue weighted by Crippen LogP contribution is 2.17. The zero-order chi connectivity index (χ0) is 16.8. The van der Waals surface area contributed by atoms with E-state index in [1.807, 2.05) is 32.0 Å². The molecule has 0 saturated carbocycles. The molecule has 0 bridgehead atoms. The summed E-state index contributed by atoms with van der Waals surface area (Å²) in [7, 11) is 0. The van der Waals surface area contributed by atoms with Crippen LogP contribution in [0.4, 0.5) is 0 Å². The molecule has 0 aliphatic rings. The largest absolute Gasteiger partial charge is 0.484 e. The van der Waals surface area contributed by atoms with Crippen LogP contribution >= 0.6 is 0 Å². The monoisotopic (exact) mass is 311 g/mol. The molecule has 1 amide bonds. The van der Waals surface area contributed by atoms with Crippen molar-refractivity contribution in [1.29, 1.82) is 0 Å². The lowest BCUT2D eigenvalue weighted by atomic mass is 10.1. The van der Waals surface area contributed by atoms with Crippen molar-refractivity contribution < 1.29 is 9.53 Å². The quantitative estimate of drug-likeness (QED) is 0.871. The van der Waals surface area contributed by atoms with Crippen molar-refractivity contribution in [2.45, 2.75) is 40.2 Å². The summed E-state index contributed by atoms with van der Waals surface area (Å²) < 4.78 is 5.56. The molecule has 0 fully saturated rings. The van der Waals surface area contributed by atoms with Crippen molar-refractivity contribution in [2.75, 3.05) is 6.61 Å². The van der Waals surface area contributed by atoms with Gasteiger partial charge in [-0.2, -0.15) is 0 Å². The third-order valence-electron chi connectivity index (χ3n) is 4.11. The molecule has 23 heavy (non-hydrogen) atoms. The number of amides is 1. The van der Waals surface area contributed by atoms with Gasteiger partial charge in [0.05, 0.1) is 6.04 Å². The van der Waals surface area contributed by atoms with Crippen molar-refractivity contribution in [2.24, 2.45) is 0 Å². The Hall–Kier alpha value is -2.29. The number of carbonyl (C=O) groups is 1. The first kappa shape index (κ1) is 17.1. The molecule has 0 aliphatic heterocycles. The van der Waals surface area contributed by atoms with Crippen LogP contribution < -0.4 is 10.1 Å². The Kier molecular flexibility index (Phi) is 5.80. The van der Waals surface area contributed by atoms with Gasteiger partial charge in [0.1, 0.15) is 5.75 Å². The Balaban J connectivity index is 1.86. The summed E-state index contributed by atoms with van der Waals surface area (Å²) in [4.78, 5) is 12.0. The lowest BCUT2D eigenvalue weighted by Crippen LogP contribution is -2.31. The first-order chi connectivity index (χ1) is 11.0. The number of aryl methyl sites for hydroxylation is 3. The number of benzene rings is 2. The fourth-order valence-electron chi connectivity index (χ4n) is 2.36. The molecule has 122 valence electrons. The fourth-order valence-corrected chi connectivity index (χ4v) is 2.36. The maximum Gasteiger partial charge on any atom is 0.258 e. The molecule has 0 heterocycles. The molecule has 0 radical (unpaired) electrons. The molecule has 0 aliphatic carbocycles. The van der Waals surface area contributed by atoms with Gasteiger partial charge < -0.3 is 10.1 Å². The van der Waals surface area contributed by atoms with Crippen LogP contribution in [0, 0.1) is 13.8 Å². The van der Waals surface area contributed by atoms with Crippen molar-refractivity contribution in [3.8, 4) is 5.75 Å². The lowest BCUT2D eigenvalue weighted by Gasteiger charge is -2.15. The van der Waals surface area contributed by atoms with E-state index in [4.69, 9.17) is 4.74 Å². The van der Waals surface area contributed by atoms with Gasteiger partial charge in [0, 0.05) is 0 Å². The first-order valence-corrected chi connectivity index (χ1v) is 8.08. The smallest absolute Gasteiger partial charge is 0.258 e. The second-order valence-corrected chi connectivity index (χ2v) is 5.92. The minimum atomic E-state index is -0.115. The second-order valence-electron chi connectivity index (χ2n) is 5.92. The van der Waals surface area contributed by atoms with Gasteiger partial charge in [0.15, 0.2) is 6.61 Å². The minimum Gasteiger partial charge on any atom is -0.484 e. The highest BCUT2D eigenvalue weighted by atomic mass is 16.5. The minimum absolute atomic E-state index is 0.0277. The summed E-state index contributed by atoms with van der Waals surface area (Å²) in [6, 6.07) is 14.1. The molecule has 1 atom stereocenters. The van der Waals surface area contributed by atoms with Crippen molar-refractivity contribution in [3.63, 3.8) is 0 Å². The molecule has 2 aromatic carbocycles. The van der Waals surface area contributed by atoms with Crippen LogP contribution in [0.15, 0.2) is 42.5 Å². The van der Waals surface area contributed by atoms with Gasteiger partial charge in [0.2, 0.25) is 0 Å². The Labute approximate surface area is 138 Å². The average molecular weight is 311 g/mol. The van der Waals surface area contributed by atoms with Gasteiger partial charge in [-0.05, 0) is 61.6 Å². The van der Waals surface area contributed by atoms with E-state index in [-0.39, 0.29) is 18.6 Å². The van der Waals surface area contributed by atoms with Crippen molar-refractivity contribution in [1.82, 2.24) is 5.32 Å². The van der Waals surface area contributed by atoms with E-state index in [9.17, 15) is 4.79 Å². The number of nitrogens with one attached hydrogen (secondary N) is 1. The van der Waals surface area contributed by atoms with Crippen LogP contribution in [-0.2, 0) is 11.2 Å². The third-order valence-corrected chi connectivity index (χ3v) is 4.11. The number of hydrogen-bond donors (Lipinski definition) is 1. The van der Waals surface area contributed by atoms with Crippen LogP contribution in [0.3, 0.4) is 0 Å². The van der Waals surface area contributed by atoms with Gasteiger partial charge in [0.25, 0.3) is 5.91 Å². The molecule has 0 aromatic heterocycles. The van der Waals surface area contributed by atoms with E-state index in [1.54, 1.807) is 0 Å². The van der Waals surface area contributed by atoms with Crippen LogP contribution in [0.5, 0.6) is 5.75 Å². The summed E-state index contributed by atoms with van der Waals surface area (Å²) in [5, 5.41) is 2.97. The highest BCUT2D eigenvalue weighted by Gasteiger charge is 2.10. The average Bonchev–Trinajstić information content (AvgIpc) is 2.56. The summed E-state index contributed by atoms with van der Waals surface area (Å²) in [5.41, 5.74) is 4.77. The number of carbonyl (C=O) groups excluding carboxylic acids is 1. The second kappa shape index (κ2) is 7.82. The van der Waals surface area contributed by atoms with Gasteiger partial charge in [-0.1, -0.05) is 37.3 Å². The van der Waals surface area contributed by atoms with Gasteiger partial charge in [-0.3, -0.25) is 4.79 Å². The molecule has 1 unspecified atom stereocenters. The van der Waals surface area contributed by atoms with Crippen LogP contribution in [0.25, 0.3) is 0 Å². The Bertz CT molecular complexity index is 662. The maximum atomic E-state index is 12.0. The van der Waals surface area contributed by atoms with Crippen LogP contribution in [0.2, 0.25) is 0 Å². The number of hydrogen-bond acceptors (Lipinski definition) is 2. The molecule has 3 nitrogen and oxygen atoms in total. The Morgan fingerprint density at radius 3 is 2.39 bits per heavy atom. The van der Waals surface area contributed by atoms with E-state index < -0.39 is 0 Å². The summed E-state index contributed by atoms with van der Waals surface area (Å²) in [5.74, 6) is 0.610. The molecular formula is C20H25NO2. The Morgan fingerprint density at radius 1 is 1.09 bits per heavy atom. The summed E-state index contributed by atoms with van der Waals surface area (Å²) in [6.07, 6.45) is 1.02. The Morgan fingerprint density at radius 2 is 1.78 bits per heavy atom. The maximum absolute atomic E-state index is 12.0. The summed E-state index contributed by atoms with van der Waals surface area (Å²) >= 11 is 0. The zero-order valence-electron chi connectivity index (χ0n) is 14.3. The van der Waals surface area contributed by atoms with E-state index >= 15 is 0 Å². The normalized spacial score (nSPS) is 11.8. The predicted molar refractivity (Wildman–Crippen MR) is 93.8 cm³/mol. The lowest BCUT2D eigenvalue weighted by molar-refractivity contribution is -0.123. The summed E-state index contributed by atoms with van der Waals surface area (Å²) in [6.45, 7) is 8.22. The van der Waals surface area contributed by atoms with Gasteiger partial charge >= 0.3 is 0 Å². The number of rotatable bonds is 6. The van der Waals surface area contributed by atoms with Gasteiger partial charge in [-0.15, -0.1) is 0 Å². The van der Waals surface area contributed by atoms with Crippen LogP contribution in [-0.4, -0.2) is 12.5 Å². The first-order valence-electron chi connectivity index (χ1n) is 8.08. The molecule has 0 saturated heterocycles. The third kappa shape index (κ3) is 4.85. The van der Waals surface area contributed by atoms with Gasteiger partial charge in [-0.25, -0.2) is 0 Å². The van der Waals surface area contributed by atoms with E-state index in [1.165, 1.54) is 11.1 Å². The topological polar surface area (TPSA) is 38.3 Å². The predicted octanol–water partition coefficient (Wildman–Crippen LogP) is 4.12. The standard InChI is InChI=1S/C20H25NO2/c1-5-17-7-9-18(10-8-17)16(4)21-20(22)13-23-19-11-6-14(2)15(3)12-19/h6-12,16H,5,13H2,1-4H3,(H,21,22). The van der Waals surface area contributed by atoms with Crippen molar-refractivity contribution >= 4 is 5.91 Å². The molecule has 2 rings (SSSR count). The molecule has 3 heteroatoms. The SMILES string of the molecule is CCc1ccc(C(C)NC(=O)COc2ccc(C)c(C)c2)cc1. The molecular weight excluding hydrogens is 286 g/mol. The zero-order valence-corrected chi connectivity index (χ0v) is 14.3. The number of ether oxygens (including phenoxy) is 1. The van der Waals surface area contributed by atoms with E-state index in [0.29, 0.717) is 0 Å².